The molecule has 0 bridgehead atoms. The number of likely N-dealkylation sites (tertiary alicyclic amines) is 2. The Morgan fingerprint density at radius 2 is 1.03 bits per heavy atom. The molecule has 24 heteroatoms. The lowest BCUT2D eigenvalue weighted by atomic mass is 9.99. The maximum absolute atomic E-state index is 12.4. The number of nitrogens with one attached hydrogen (secondary N) is 2. The molecular formula is C63H75N15O8S. The molecule has 6 heterocycles. The number of aryl methyl sites for hydroxylation is 3. The fourth-order valence-electron chi connectivity index (χ4n) is 9.67. The van der Waals surface area contributed by atoms with Crippen LogP contribution < -0.4 is 16.4 Å². The van der Waals surface area contributed by atoms with Crippen molar-refractivity contribution in [1.82, 2.24) is 49.3 Å². The molecule has 2 atom stereocenters. The van der Waals surface area contributed by atoms with Gasteiger partial charge in [-0.3, -0.25) is 28.3 Å². The molecule has 2 saturated heterocycles. The van der Waals surface area contributed by atoms with Crippen LogP contribution in [0.5, 0.6) is 0 Å². The van der Waals surface area contributed by atoms with Crippen LogP contribution in [-0.2, 0) is 19.7 Å². The van der Waals surface area contributed by atoms with Gasteiger partial charge in [-0.15, -0.1) is 0 Å². The van der Waals surface area contributed by atoms with Crippen LogP contribution in [0.4, 0.5) is 23.3 Å². The molecular weight excluding hydrogens is 1130 g/mol. The summed E-state index contributed by atoms with van der Waals surface area (Å²) in [5, 5.41) is 41.4. The molecule has 0 spiro atoms. The second-order valence-corrected chi connectivity index (χ2v) is 23.5. The number of nitrogens with two attached hydrogens (primary N) is 1. The molecule has 0 unspecified atom stereocenters. The van der Waals surface area contributed by atoms with Crippen LogP contribution >= 0.6 is 0 Å². The maximum Gasteiger partial charge on any atom is 0.335 e. The Hall–Kier alpha value is -9.23. The fraction of sp³-hybridized carbons (Fsp3) is 0.397. The molecule has 456 valence electrons. The zero-order valence-electron chi connectivity index (χ0n) is 48.7. The molecule has 6 N–H and O–H groups in total. The van der Waals surface area contributed by atoms with Gasteiger partial charge in [-0.1, -0.05) is 61.5 Å². The van der Waals surface area contributed by atoms with Crippen molar-refractivity contribution in [2.24, 2.45) is 23.5 Å². The number of hydrogen-bond donors (Lipinski definition) is 5. The van der Waals surface area contributed by atoms with Gasteiger partial charge in [0.25, 0.3) is 10.1 Å². The third kappa shape index (κ3) is 18.4. The molecule has 4 fully saturated rings. The van der Waals surface area contributed by atoms with E-state index >= 15 is 0 Å². The predicted octanol–water partition coefficient (Wildman–Crippen LogP) is 10.1. The quantitative estimate of drug-likeness (QED) is 0.0470. The van der Waals surface area contributed by atoms with Gasteiger partial charge in [-0.2, -0.15) is 29.1 Å². The van der Waals surface area contributed by atoms with Gasteiger partial charge < -0.3 is 31.3 Å². The predicted molar refractivity (Wildman–Crippen MR) is 328 cm³/mol. The Kier molecular flexibility index (Phi) is 22.3. The number of carbonyl (C=O) groups excluding carboxylic acids is 3. The lowest BCUT2D eigenvalue weighted by Gasteiger charge is -2.32. The first-order valence-corrected chi connectivity index (χ1v) is 30.0. The zero-order valence-corrected chi connectivity index (χ0v) is 49.6. The molecule has 2 amide bonds. The van der Waals surface area contributed by atoms with E-state index in [0.29, 0.717) is 29.3 Å². The largest absolute Gasteiger partial charge is 0.478 e. The number of piperidine rings is 2. The van der Waals surface area contributed by atoms with Crippen molar-refractivity contribution in [3.63, 3.8) is 0 Å². The summed E-state index contributed by atoms with van der Waals surface area (Å²) in [4.78, 5) is 70.2. The Bertz CT molecular complexity index is 3700. The topological polar surface area (TPSA) is 334 Å². The number of carboxylic acid groups (broad SMARTS) is 1. The minimum Gasteiger partial charge on any atom is -0.478 e. The van der Waals surface area contributed by atoms with Crippen molar-refractivity contribution in [2.45, 2.75) is 123 Å². The fourth-order valence-corrected chi connectivity index (χ4v) is 10.1. The van der Waals surface area contributed by atoms with Crippen LogP contribution in [0.3, 0.4) is 0 Å². The van der Waals surface area contributed by atoms with E-state index in [-0.39, 0.29) is 66.0 Å². The van der Waals surface area contributed by atoms with E-state index in [1.807, 2.05) is 64.5 Å². The number of Topliss-reactive ketones (excluding diaryl/α,β-unsaturated/α-hetero) is 1. The molecule has 3 aromatic carbocycles. The molecule has 4 aromatic heterocycles. The molecule has 4 aliphatic rings. The minimum absolute atomic E-state index is 0. The van der Waals surface area contributed by atoms with Gasteiger partial charge in [0.15, 0.2) is 5.78 Å². The summed E-state index contributed by atoms with van der Waals surface area (Å²) < 4.78 is 33.5. The summed E-state index contributed by atoms with van der Waals surface area (Å²) in [5.74, 6) is 0.797. The van der Waals surface area contributed by atoms with Gasteiger partial charge in [-0.25, -0.2) is 24.7 Å². The molecule has 87 heavy (non-hydrogen) atoms. The smallest absolute Gasteiger partial charge is 0.335 e. The Labute approximate surface area is 507 Å². The van der Waals surface area contributed by atoms with Gasteiger partial charge in [0.05, 0.1) is 81.8 Å². The van der Waals surface area contributed by atoms with Gasteiger partial charge in [-0.05, 0) is 121 Å². The number of aromatic nitrogens is 8. The third-order valence-corrected chi connectivity index (χ3v) is 15.8. The third-order valence-electron chi connectivity index (χ3n) is 14.9. The van der Waals surface area contributed by atoms with E-state index in [0.717, 1.165) is 128 Å². The van der Waals surface area contributed by atoms with Crippen molar-refractivity contribution in [3.05, 3.63) is 138 Å². The van der Waals surface area contributed by atoms with Crippen molar-refractivity contribution in [3.8, 4) is 34.7 Å². The highest BCUT2D eigenvalue weighted by Crippen LogP contribution is 2.35. The maximum atomic E-state index is 12.4. The van der Waals surface area contributed by atoms with Crippen molar-refractivity contribution in [1.29, 1.82) is 10.5 Å². The number of carboxylic acids is 1. The highest BCUT2D eigenvalue weighted by atomic mass is 32.2. The second-order valence-electron chi connectivity index (χ2n) is 22.1. The van der Waals surface area contributed by atoms with E-state index < -0.39 is 16.1 Å². The lowest BCUT2D eigenvalue weighted by Crippen LogP contribution is -2.39. The van der Waals surface area contributed by atoms with E-state index in [1.54, 1.807) is 93.2 Å². The lowest BCUT2D eigenvalue weighted by molar-refractivity contribution is -0.134. The summed E-state index contributed by atoms with van der Waals surface area (Å²) in [7, 11) is -4.02. The number of hydrogen-bond acceptors (Lipinski definition) is 17. The number of anilines is 4. The normalized spacial score (nSPS) is 15.6. The molecule has 2 aliphatic carbocycles. The van der Waals surface area contributed by atoms with E-state index in [2.05, 4.69) is 41.9 Å². The van der Waals surface area contributed by atoms with E-state index in [1.165, 1.54) is 12.1 Å². The van der Waals surface area contributed by atoms with Gasteiger partial charge in [0, 0.05) is 85.9 Å². The number of nitriles is 2. The van der Waals surface area contributed by atoms with E-state index in [9.17, 15) is 27.6 Å². The summed E-state index contributed by atoms with van der Waals surface area (Å²) in [6.07, 6.45) is 19.0. The Morgan fingerprint density at radius 3 is 1.39 bits per heavy atom. The van der Waals surface area contributed by atoms with Crippen LogP contribution in [0.1, 0.15) is 129 Å². The van der Waals surface area contributed by atoms with E-state index in [4.69, 9.17) is 30.9 Å². The first-order valence-electron chi connectivity index (χ1n) is 28.6. The van der Waals surface area contributed by atoms with Crippen molar-refractivity contribution < 1.29 is 37.3 Å². The Morgan fingerprint density at radius 1 is 0.632 bits per heavy atom. The average Bonchev–Trinajstić information content (AvgIpc) is 4.61. The second kappa shape index (κ2) is 29.7. The molecule has 2 aliphatic heterocycles. The number of rotatable bonds is 15. The summed E-state index contributed by atoms with van der Waals surface area (Å²) in [6.45, 7) is 12.2. The molecule has 0 radical (unpaired) electrons. The number of carbonyl (C=O) groups is 4. The first kappa shape index (κ1) is 65.3. The van der Waals surface area contributed by atoms with Crippen LogP contribution in [0.25, 0.3) is 22.5 Å². The summed E-state index contributed by atoms with van der Waals surface area (Å²) in [6, 6.07) is 24.1. The van der Waals surface area contributed by atoms with Gasteiger partial charge in [0.1, 0.15) is 0 Å². The standard InChI is InChI=1S/C28H31N7O2.C24H26N6O3.C7H8O3S.C3H6N2.CH4/c1-18(14-29)13-25(36)20-3-5-21(6-4-20)26-19(2)15-30-28(33-26)32-23-16-31-35(17-23)24-9-11-34(12-10-24)27(37)22-7-8-22;1-15-12-25-24(28-21(15)16-2-6-18(7-3-16)23(32)33)27-19-13-26-30(14-19)20-8-10-29(11-9-20)22(31)17-4-5-17;1-6-2-4-7(5-3-6)11(8,9)10;1-3(5)2-4;/h3-6,15-18,22,24H,7-13H2,1-2H3,(H,30,32,33);2-3,6-7,12-14,17,20H,4-5,8-11H2,1H3,(H,32,33)(H,25,27,28);2-5H,1H3,(H,8,9,10);3H,5H2,1H3;1H4/t18-;;;3-;/m1..0./s1. The number of amides is 2. The van der Waals surface area contributed by atoms with Gasteiger partial charge in [0.2, 0.25) is 23.7 Å². The minimum atomic E-state index is -4.02. The number of nitrogens with zero attached hydrogens (tertiary/aromatic N) is 12. The molecule has 2 saturated carbocycles. The van der Waals surface area contributed by atoms with Crippen molar-refractivity contribution in [2.75, 3.05) is 36.8 Å². The van der Waals surface area contributed by atoms with Crippen LogP contribution in [0, 0.1) is 61.2 Å². The summed E-state index contributed by atoms with van der Waals surface area (Å²) in [5.41, 5.74) is 13.4. The number of aromatic carboxylic acids is 1. The zero-order chi connectivity index (χ0) is 61.7. The highest BCUT2D eigenvalue weighted by molar-refractivity contribution is 7.85. The Balaban J connectivity index is 0.000000197. The number of ketones is 1. The van der Waals surface area contributed by atoms with Crippen LogP contribution in [-0.4, -0.2) is 123 Å². The van der Waals surface area contributed by atoms with Gasteiger partial charge >= 0.3 is 5.97 Å². The van der Waals surface area contributed by atoms with Crippen molar-refractivity contribution >= 4 is 57.0 Å². The highest BCUT2D eigenvalue weighted by Gasteiger charge is 2.36. The molecule has 23 nitrogen and oxygen atoms in total. The molecule has 7 aromatic rings. The number of benzene rings is 3. The van der Waals surface area contributed by atoms with Crippen LogP contribution in [0.15, 0.2) is 115 Å². The SMILES string of the molecule is C.C[C@H](N)C#N.Cc1ccc(S(=O)(=O)O)cc1.Cc1cnc(Nc2cnn(C3CCN(C(=O)C4CC4)CC3)c2)nc1-c1ccc(C(=O)C[C@@H](C)C#N)cc1.Cc1cnc(Nc2cnn(C3CCN(C(=O)C4CC4)CC3)c2)nc1-c1ccc(C(=O)O)cc1. The monoisotopic (exact) mass is 1200 g/mol. The van der Waals surface area contributed by atoms with Crippen LogP contribution in [0.2, 0.25) is 0 Å². The first-order chi connectivity index (χ1) is 41.1. The summed E-state index contributed by atoms with van der Waals surface area (Å²) >= 11 is 0. The molecule has 11 rings (SSSR count). The average molecular weight is 1200 g/mol.